The molecule has 0 amide bonds. The lowest BCUT2D eigenvalue weighted by atomic mass is 10.0. The van der Waals surface area contributed by atoms with E-state index in [0.717, 1.165) is 46.6 Å². The van der Waals surface area contributed by atoms with Crippen molar-refractivity contribution in [3.05, 3.63) is 54.2 Å². The molecule has 2 aromatic carbocycles. The van der Waals surface area contributed by atoms with Crippen molar-refractivity contribution in [2.75, 3.05) is 18.0 Å². The van der Waals surface area contributed by atoms with Crippen LogP contribution in [-0.4, -0.2) is 31.8 Å². The Bertz CT molecular complexity index is 937. The van der Waals surface area contributed by atoms with Gasteiger partial charge in [0, 0.05) is 13.1 Å². The Balaban J connectivity index is 1.64. The van der Waals surface area contributed by atoms with Crippen LogP contribution in [0.4, 0.5) is 5.82 Å². The Hall–Kier alpha value is -2.31. The zero-order chi connectivity index (χ0) is 17.9. The van der Waals surface area contributed by atoms with Crippen LogP contribution in [0.1, 0.15) is 24.8 Å². The van der Waals surface area contributed by atoms with Crippen LogP contribution in [0, 0.1) is 0 Å². The molecule has 26 heavy (non-hydrogen) atoms. The fourth-order valence-electron chi connectivity index (χ4n) is 3.39. The Morgan fingerprint density at radius 1 is 0.962 bits per heavy atom. The van der Waals surface area contributed by atoms with E-state index in [-0.39, 0.29) is 5.75 Å². The highest BCUT2D eigenvalue weighted by Gasteiger charge is 2.13. The van der Waals surface area contributed by atoms with E-state index in [9.17, 15) is 4.21 Å². The van der Waals surface area contributed by atoms with Crippen molar-refractivity contribution in [3.63, 3.8) is 0 Å². The fraction of sp³-hybridized carbons (Fsp3) is 0.300. The lowest BCUT2D eigenvalue weighted by Crippen LogP contribution is -2.30. The first-order valence-corrected chi connectivity index (χ1v) is 10.2. The molecule has 6 heteroatoms. The van der Waals surface area contributed by atoms with E-state index in [4.69, 9.17) is 9.54 Å². The predicted octanol–water partition coefficient (Wildman–Crippen LogP) is 4.01. The third-order valence-corrected chi connectivity index (χ3v) is 5.37. The average molecular weight is 367 g/mol. The molecule has 1 fully saturated rings. The first kappa shape index (κ1) is 17.1. The van der Waals surface area contributed by atoms with Gasteiger partial charge in [-0.2, -0.15) is 0 Å². The van der Waals surface area contributed by atoms with Gasteiger partial charge in [-0.3, -0.25) is 4.98 Å². The SMILES string of the molecule is O=S(O)Cc1ccc(-c2ccc3ncc(N4CCCCC4)nc3c2)cc1. The van der Waals surface area contributed by atoms with Crippen molar-refractivity contribution in [1.82, 2.24) is 9.97 Å². The maximum Gasteiger partial charge on any atom is 0.157 e. The summed E-state index contributed by atoms with van der Waals surface area (Å²) in [4.78, 5) is 11.7. The molecule has 5 nitrogen and oxygen atoms in total. The number of anilines is 1. The minimum atomic E-state index is -1.81. The highest BCUT2D eigenvalue weighted by Crippen LogP contribution is 2.25. The van der Waals surface area contributed by atoms with Gasteiger partial charge in [-0.25, -0.2) is 9.19 Å². The Labute approximate surface area is 155 Å². The largest absolute Gasteiger partial charge is 0.355 e. The highest BCUT2D eigenvalue weighted by atomic mass is 32.2. The van der Waals surface area contributed by atoms with Crippen LogP contribution in [0.2, 0.25) is 0 Å². The van der Waals surface area contributed by atoms with Crippen molar-refractivity contribution in [2.24, 2.45) is 0 Å². The molecule has 1 aliphatic rings. The van der Waals surface area contributed by atoms with Crippen LogP contribution in [0.25, 0.3) is 22.2 Å². The third-order valence-electron chi connectivity index (χ3n) is 4.79. The maximum absolute atomic E-state index is 10.9. The molecule has 1 unspecified atom stereocenters. The van der Waals surface area contributed by atoms with Gasteiger partial charge in [-0.15, -0.1) is 0 Å². The van der Waals surface area contributed by atoms with E-state index in [0.29, 0.717) is 0 Å². The van der Waals surface area contributed by atoms with Gasteiger partial charge in [-0.05, 0) is 48.1 Å². The molecule has 0 bridgehead atoms. The number of hydrogen-bond acceptors (Lipinski definition) is 4. The maximum atomic E-state index is 10.9. The van der Waals surface area contributed by atoms with Crippen LogP contribution >= 0.6 is 0 Å². The molecule has 4 rings (SSSR count). The van der Waals surface area contributed by atoms with Gasteiger partial charge in [0.05, 0.1) is 23.0 Å². The summed E-state index contributed by atoms with van der Waals surface area (Å²) < 4.78 is 19.9. The zero-order valence-electron chi connectivity index (χ0n) is 14.5. The molecule has 1 atom stereocenters. The molecular formula is C20H21N3O2S. The van der Waals surface area contributed by atoms with Crippen molar-refractivity contribution < 1.29 is 8.76 Å². The average Bonchev–Trinajstić information content (AvgIpc) is 2.68. The quantitative estimate of drug-likeness (QED) is 0.706. The van der Waals surface area contributed by atoms with Crippen molar-refractivity contribution in [1.29, 1.82) is 0 Å². The van der Waals surface area contributed by atoms with Crippen LogP contribution in [0.3, 0.4) is 0 Å². The van der Waals surface area contributed by atoms with Crippen LogP contribution in [-0.2, 0) is 16.8 Å². The van der Waals surface area contributed by atoms with Crippen molar-refractivity contribution >= 4 is 27.9 Å². The normalized spacial score (nSPS) is 16.0. The molecule has 1 N–H and O–H groups in total. The number of rotatable bonds is 4. The van der Waals surface area contributed by atoms with Crippen molar-refractivity contribution in [2.45, 2.75) is 25.0 Å². The molecule has 1 saturated heterocycles. The zero-order valence-corrected chi connectivity index (χ0v) is 15.3. The van der Waals surface area contributed by atoms with Gasteiger partial charge in [0.15, 0.2) is 11.1 Å². The van der Waals surface area contributed by atoms with E-state index in [2.05, 4.69) is 16.0 Å². The first-order valence-electron chi connectivity index (χ1n) is 8.87. The third kappa shape index (κ3) is 3.76. The molecule has 1 aliphatic heterocycles. The smallest absolute Gasteiger partial charge is 0.157 e. The Morgan fingerprint density at radius 3 is 2.42 bits per heavy atom. The minimum Gasteiger partial charge on any atom is -0.355 e. The van der Waals surface area contributed by atoms with Gasteiger partial charge in [0.2, 0.25) is 0 Å². The molecule has 1 aromatic heterocycles. The molecule has 134 valence electrons. The molecule has 2 heterocycles. The first-order chi connectivity index (χ1) is 12.7. The van der Waals surface area contributed by atoms with E-state index in [1.807, 2.05) is 42.6 Å². The van der Waals surface area contributed by atoms with Gasteiger partial charge in [0.1, 0.15) is 5.82 Å². The summed E-state index contributed by atoms with van der Waals surface area (Å²) in [6.45, 7) is 2.10. The fourth-order valence-corrected chi connectivity index (χ4v) is 3.87. The number of hydrogen-bond donors (Lipinski definition) is 1. The van der Waals surface area contributed by atoms with E-state index >= 15 is 0 Å². The molecule has 0 saturated carbocycles. The number of benzene rings is 2. The number of aromatic nitrogens is 2. The van der Waals surface area contributed by atoms with E-state index in [1.165, 1.54) is 19.3 Å². The van der Waals surface area contributed by atoms with Crippen LogP contribution in [0.5, 0.6) is 0 Å². The summed E-state index contributed by atoms with van der Waals surface area (Å²) in [5.41, 5.74) is 4.76. The van der Waals surface area contributed by atoms with E-state index in [1.54, 1.807) is 0 Å². The molecule has 0 spiro atoms. The Morgan fingerprint density at radius 2 is 1.69 bits per heavy atom. The number of piperidine rings is 1. The summed E-state index contributed by atoms with van der Waals surface area (Å²) in [5.74, 6) is 1.11. The van der Waals surface area contributed by atoms with Gasteiger partial charge < -0.3 is 9.45 Å². The van der Waals surface area contributed by atoms with Gasteiger partial charge >= 0.3 is 0 Å². The lowest BCUT2D eigenvalue weighted by Gasteiger charge is -2.27. The summed E-state index contributed by atoms with van der Waals surface area (Å²) in [6, 6.07) is 13.8. The van der Waals surface area contributed by atoms with Gasteiger partial charge in [-0.1, -0.05) is 30.3 Å². The van der Waals surface area contributed by atoms with Gasteiger partial charge in [0.25, 0.3) is 0 Å². The standard InChI is InChI=1S/C20H21N3O2S/c24-26(25)14-15-4-6-16(7-5-15)17-8-9-18-19(12-17)22-20(13-21-18)23-10-2-1-3-11-23/h4-9,12-13H,1-3,10-11,14H2,(H,24,25). The Kier molecular flexibility index (Phi) is 4.95. The van der Waals surface area contributed by atoms with Crippen molar-refractivity contribution in [3.8, 4) is 11.1 Å². The summed E-state index contributed by atoms with van der Waals surface area (Å²) >= 11 is -1.81. The second-order valence-corrected chi connectivity index (χ2v) is 7.57. The topological polar surface area (TPSA) is 66.3 Å². The molecular weight excluding hydrogens is 346 g/mol. The second kappa shape index (κ2) is 7.51. The highest BCUT2D eigenvalue weighted by molar-refractivity contribution is 7.78. The van der Waals surface area contributed by atoms with E-state index < -0.39 is 11.1 Å². The predicted molar refractivity (Wildman–Crippen MR) is 106 cm³/mol. The monoisotopic (exact) mass is 367 g/mol. The molecule has 0 aliphatic carbocycles. The number of nitrogens with zero attached hydrogens (tertiary/aromatic N) is 3. The lowest BCUT2D eigenvalue weighted by molar-refractivity contribution is 0.563. The summed E-state index contributed by atoms with van der Waals surface area (Å²) in [5, 5.41) is 0. The van der Waals surface area contributed by atoms with Crippen LogP contribution in [0.15, 0.2) is 48.7 Å². The molecule has 0 radical (unpaired) electrons. The minimum absolute atomic E-state index is 0.155. The molecule has 3 aromatic rings. The summed E-state index contributed by atoms with van der Waals surface area (Å²) in [6.07, 6.45) is 5.59. The second-order valence-electron chi connectivity index (χ2n) is 6.64. The number of fused-ring (bicyclic) bond motifs is 1. The van der Waals surface area contributed by atoms with Crippen LogP contribution < -0.4 is 4.90 Å². The summed E-state index contributed by atoms with van der Waals surface area (Å²) in [7, 11) is 0.